The molecule has 0 spiro atoms. The molecule has 2 N–H and O–H groups in total. The summed E-state index contributed by atoms with van der Waals surface area (Å²) < 4.78 is 39.7. The van der Waals surface area contributed by atoms with Crippen LogP contribution in [0.3, 0.4) is 0 Å². The first-order valence-electron chi connectivity index (χ1n) is 8.89. The lowest BCUT2D eigenvalue weighted by Gasteiger charge is -2.29. The Morgan fingerprint density at radius 3 is 2.56 bits per heavy atom. The first-order chi connectivity index (χ1) is 12.5. The topological polar surface area (TPSA) is 76.7 Å². The van der Waals surface area contributed by atoms with E-state index in [1.165, 1.54) is 0 Å². The van der Waals surface area contributed by atoms with Crippen LogP contribution in [0, 0.1) is 0 Å². The number of nitrogens with one attached hydrogen (secondary N) is 2. The van der Waals surface area contributed by atoms with Crippen molar-refractivity contribution in [1.82, 2.24) is 10.0 Å². The number of fused-ring (bicyclic) bond motifs is 1. The SMILES string of the molecule is CCOc1ccc(S(=O)(=O)NCC2(COC)CCCN2)c2ccccc12.Cl. The van der Waals surface area contributed by atoms with Crippen molar-refractivity contribution < 1.29 is 17.9 Å². The van der Waals surface area contributed by atoms with Crippen molar-refractivity contribution in [2.45, 2.75) is 30.2 Å². The first-order valence-corrected chi connectivity index (χ1v) is 10.4. The summed E-state index contributed by atoms with van der Waals surface area (Å²) in [4.78, 5) is 0.266. The van der Waals surface area contributed by atoms with Gasteiger partial charge in [-0.25, -0.2) is 13.1 Å². The van der Waals surface area contributed by atoms with Crippen molar-refractivity contribution in [2.75, 3.05) is 33.4 Å². The highest BCUT2D eigenvalue weighted by atomic mass is 35.5. The molecule has 1 fully saturated rings. The van der Waals surface area contributed by atoms with Crippen LogP contribution >= 0.6 is 12.4 Å². The maximum Gasteiger partial charge on any atom is 0.241 e. The first kappa shape index (κ1) is 21.9. The van der Waals surface area contributed by atoms with Gasteiger partial charge in [-0.3, -0.25) is 0 Å². The van der Waals surface area contributed by atoms with E-state index in [4.69, 9.17) is 9.47 Å². The van der Waals surface area contributed by atoms with E-state index in [9.17, 15) is 8.42 Å². The Morgan fingerprint density at radius 1 is 1.19 bits per heavy atom. The van der Waals surface area contributed by atoms with Gasteiger partial charge in [0.2, 0.25) is 10.0 Å². The second-order valence-corrected chi connectivity index (χ2v) is 8.34. The van der Waals surface area contributed by atoms with E-state index < -0.39 is 10.0 Å². The Hall–Kier alpha value is -1.38. The molecule has 0 amide bonds. The van der Waals surface area contributed by atoms with Crippen molar-refractivity contribution in [2.24, 2.45) is 0 Å². The van der Waals surface area contributed by atoms with Crippen LogP contribution in [-0.2, 0) is 14.8 Å². The molecule has 1 heterocycles. The standard InChI is InChI=1S/C19H26N2O4S.ClH/c1-3-25-17-9-10-18(16-8-5-4-7-15(16)17)26(22,23)21-13-19(14-24-2)11-6-12-20-19;/h4-5,7-10,20-21H,3,6,11-14H2,1-2H3;1H. The van der Waals surface area contributed by atoms with Crippen LogP contribution in [0.5, 0.6) is 5.75 Å². The molecule has 0 saturated carbocycles. The highest BCUT2D eigenvalue weighted by Gasteiger charge is 2.35. The molecule has 1 aliphatic heterocycles. The minimum Gasteiger partial charge on any atom is -0.493 e. The van der Waals surface area contributed by atoms with Crippen LogP contribution in [0.4, 0.5) is 0 Å². The van der Waals surface area contributed by atoms with Gasteiger partial charge in [0.25, 0.3) is 0 Å². The highest BCUT2D eigenvalue weighted by molar-refractivity contribution is 7.89. The largest absolute Gasteiger partial charge is 0.493 e. The fourth-order valence-corrected chi connectivity index (χ4v) is 4.88. The van der Waals surface area contributed by atoms with E-state index in [0.29, 0.717) is 30.9 Å². The highest BCUT2D eigenvalue weighted by Crippen LogP contribution is 2.31. The van der Waals surface area contributed by atoms with E-state index >= 15 is 0 Å². The normalized spacial score (nSPS) is 19.8. The maximum absolute atomic E-state index is 13.0. The Morgan fingerprint density at radius 2 is 1.93 bits per heavy atom. The molecule has 0 aliphatic carbocycles. The van der Waals surface area contributed by atoms with Gasteiger partial charge in [-0.2, -0.15) is 0 Å². The summed E-state index contributed by atoms with van der Waals surface area (Å²) in [5.74, 6) is 0.690. The molecule has 0 radical (unpaired) electrons. The van der Waals surface area contributed by atoms with Crippen LogP contribution in [0.15, 0.2) is 41.3 Å². The number of hydrogen-bond donors (Lipinski definition) is 2. The van der Waals surface area contributed by atoms with E-state index in [1.54, 1.807) is 19.2 Å². The summed E-state index contributed by atoms with van der Waals surface area (Å²) in [7, 11) is -2.03. The molecule has 1 aliphatic rings. The van der Waals surface area contributed by atoms with Crippen LogP contribution in [0.25, 0.3) is 10.8 Å². The lowest BCUT2D eigenvalue weighted by Crippen LogP contribution is -2.52. The molecule has 8 heteroatoms. The Kier molecular flexibility index (Phi) is 7.47. The fraction of sp³-hybridized carbons (Fsp3) is 0.474. The maximum atomic E-state index is 13.0. The lowest BCUT2D eigenvalue weighted by molar-refractivity contribution is 0.122. The van der Waals surface area contributed by atoms with Gasteiger partial charge in [0.15, 0.2) is 0 Å². The van der Waals surface area contributed by atoms with Gasteiger partial charge in [-0.1, -0.05) is 24.3 Å². The minimum absolute atomic E-state index is 0. The van der Waals surface area contributed by atoms with Crippen molar-refractivity contribution in [3.63, 3.8) is 0 Å². The molecule has 0 aromatic heterocycles. The second-order valence-electron chi connectivity index (χ2n) is 6.61. The molecule has 2 aromatic rings. The van der Waals surface area contributed by atoms with Crippen LogP contribution < -0.4 is 14.8 Å². The lowest BCUT2D eigenvalue weighted by atomic mass is 9.99. The van der Waals surface area contributed by atoms with Gasteiger partial charge < -0.3 is 14.8 Å². The van der Waals surface area contributed by atoms with E-state index in [1.807, 2.05) is 31.2 Å². The van der Waals surface area contributed by atoms with Gasteiger partial charge in [-0.15, -0.1) is 12.4 Å². The quantitative estimate of drug-likeness (QED) is 0.694. The number of sulfonamides is 1. The predicted molar refractivity (Wildman–Crippen MR) is 109 cm³/mol. The zero-order valence-electron chi connectivity index (χ0n) is 15.7. The average molecular weight is 415 g/mol. The smallest absolute Gasteiger partial charge is 0.241 e. The molecule has 6 nitrogen and oxygen atoms in total. The molecule has 150 valence electrons. The summed E-state index contributed by atoms with van der Waals surface area (Å²) >= 11 is 0. The minimum atomic E-state index is -3.66. The van der Waals surface area contributed by atoms with Gasteiger partial charge in [0.1, 0.15) is 5.75 Å². The molecule has 27 heavy (non-hydrogen) atoms. The summed E-state index contributed by atoms with van der Waals surface area (Å²) in [5, 5.41) is 4.84. The average Bonchev–Trinajstić information content (AvgIpc) is 3.10. The van der Waals surface area contributed by atoms with Crippen molar-refractivity contribution in [1.29, 1.82) is 0 Å². The third-order valence-electron chi connectivity index (χ3n) is 4.79. The third-order valence-corrected chi connectivity index (χ3v) is 6.25. The molecule has 0 bridgehead atoms. The van der Waals surface area contributed by atoms with Crippen LogP contribution in [0.1, 0.15) is 19.8 Å². The molecule has 1 atom stereocenters. The van der Waals surface area contributed by atoms with E-state index in [0.717, 1.165) is 24.8 Å². The van der Waals surface area contributed by atoms with Crippen molar-refractivity contribution in [3.8, 4) is 5.75 Å². The molecular weight excluding hydrogens is 388 g/mol. The molecule has 1 saturated heterocycles. The van der Waals surface area contributed by atoms with Crippen LogP contribution in [0.2, 0.25) is 0 Å². The van der Waals surface area contributed by atoms with Gasteiger partial charge in [0, 0.05) is 24.4 Å². The Bertz CT molecular complexity index is 867. The van der Waals surface area contributed by atoms with E-state index in [-0.39, 0.29) is 22.8 Å². The summed E-state index contributed by atoms with van der Waals surface area (Å²) in [5.41, 5.74) is -0.344. The summed E-state index contributed by atoms with van der Waals surface area (Å²) in [6, 6.07) is 10.7. The molecule has 3 rings (SSSR count). The number of ether oxygens (including phenoxy) is 2. The predicted octanol–water partition coefficient (Wildman–Crippen LogP) is 2.71. The van der Waals surface area contributed by atoms with Gasteiger partial charge >= 0.3 is 0 Å². The van der Waals surface area contributed by atoms with Crippen molar-refractivity contribution >= 4 is 33.2 Å². The van der Waals surface area contributed by atoms with Crippen LogP contribution in [-0.4, -0.2) is 47.4 Å². The number of hydrogen-bond acceptors (Lipinski definition) is 5. The number of benzene rings is 2. The summed E-state index contributed by atoms with van der Waals surface area (Å²) in [6.07, 6.45) is 1.89. The molecular formula is C19H27ClN2O4S. The summed E-state index contributed by atoms with van der Waals surface area (Å²) in [6.45, 7) is 4.08. The van der Waals surface area contributed by atoms with Gasteiger partial charge in [0.05, 0.1) is 23.6 Å². The van der Waals surface area contributed by atoms with Crippen molar-refractivity contribution in [3.05, 3.63) is 36.4 Å². The zero-order chi connectivity index (χ0) is 18.6. The number of halogens is 1. The fourth-order valence-electron chi connectivity index (χ4n) is 3.54. The van der Waals surface area contributed by atoms with E-state index in [2.05, 4.69) is 10.0 Å². The number of rotatable bonds is 8. The monoisotopic (exact) mass is 414 g/mol. The second kappa shape index (κ2) is 9.21. The zero-order valence-corrected chi connectivity index (χ0v) is 17.3. The Balaban J connectivity index is 0.00000261. The Labute approximate surface area is 167 Å². The third kappa shape index (κ3) is 4.73. The molecule has 2 aromatic carbocycles. The number of methoxy groups -OCH3 is 1. The molecule has 1 unspecified atom stereocenters. The van der Waals surface area contributed by atoms with Gasteiger partial charge in [-0.05, 0) is 38.4 Å².